The van der Waals surface area contributed by atoms with Crippen molar-refractivity contribution in [2.24, 2.45) is 17.8 Å². The van der Waals surface area contributed by atoms with Crippen LogP contribution in [0.3, 0.4) is 0 Å². The Morgan fingerprint density at radius 1 is 1.05 bits per heavy atom. The highest BCUT2D eigenvalue weighted by Crippen LogP contribution is 2.60. The third kappa shape index (κ3) is 2.12. The van der Waals surface area contributed by atoms with Crippen molar-refractivity contribution in [3.05, 3.63) is 42.0 Å². The molecule has 4 bridgehead atoms. The Morgan fingerprint density at radius 3 is 2.00 bits per heavy atom. The first-order valence-electron chi connectivity index (χ1n) is 8.48. The van der Waals surface area contributed by atoms with Gasteiger partial charge in [0.2, 0.25) is 0 Å². The third-order valence-corrected chi connectivity index (χ3v) is 6.32. The number of esters is 1. The van der Waals surface area contributed by atoms with E-state index in [2.05, 4.69) is 18.7 Å². The van der Waals surface area contributed by atoms with Gasteiger partial charge in [-0.1, -0.05) is 30.8 Å². The molecule has 0 unspecified atom stereocenters. The van der Waals surface area contributed by atoms with E-state index >= 15 is 0 Å². The molecule has 0 aromatic heterocycles. The predicted octanol–water partition coefficient (Wildman–Crippen LogP) is 4.34. The molecule has 4 saturated carbocycles. The first-order chi connectivity index (χ1) is 10.6. The van der Waals surface area contributed by atoms with Gasteiger partial charge in [0, 0.05) is 0 Å². The molecule has 4 aliphatic rings. The molecule has 0 saturated heterocycles. The first-order valence-corrected chi connectivity index (χ1v) is 8.48. The lowest BCUT2D eigenvalue weighted by Crippen LogP contribution is -2.48. The number of rotatable bonds is 3. The van der Waals surface area contributed by atoms with Crippen molar-refractivity contribution in [2.75, 3.05) is 7.11 Å². The highest BCUT2D eigenvalue weighted by atomic mass is 16.5. The molecule has 2 nitrogen and oxygen atoms in total. The third-order valence-electron chi connectivity index (χ3n) is 6.32. The summed E-state index contributed by atoms with van der Waals surface area (Å²) in [5, 5.41) is 0. The molecule has 0 atom stereocenters. The van der Waals surface area contributed by atoms with E-state index in [0.717, 1.165) is 23.3 Å². The lowest BCUT2D eigenvalue weighted by atomic mass is 9.48. The number of carbonyl (C=O) groups is 1. The zero-order valence-corrected chi connectivity index (χ0v) is 13.3. The zero-order chi connectivity index (χ0) is 15.3. The van der Waals surface area contributed by atoms with Crippen LogP contribution < -0.4 is 0 Å². The quantitative estimate of drug-likeness (QED) is 0.612. The van der Waals surface area contributed by atoms with Crippen LogP contribution in [-0.4, -0.2) is 13.1 Å². The van der Waals surface area contributed by atoms with Crippen LogP contribution in [-0.2, 0) is 14.9 Å². The predicted molar refractivity (Wildman–Crippen MR) is 87.3 cm³/mol. The van der Waals surface area contributed by atoms with Gasteiger partial charge in [0.25, 0.3) is 0 Å². The largest absolute Gasteiger partial charge is 0.465 e. The number of benzene rings is 1. The van der Waals surface area contributed by atoms with E-state index in [9.17, 15) is 4.79 Å². The van der Waals surface area contributed by atoms with E-state index in [4.69, 9.17) is 4.74 Å². The van der Waals surface area contributed by atoms with E-state index < -0.39 is 0 Å². The van der Waals surface area contributed by atoms with Crippen molar-refractivity contribution in [3.63, 3.8) is 0 Å². The van der Waals surface area contributed by atoms with Gasteiger partial charge in [-0.25, -0.2) is 4.79 Å². The smallest absolute Gasteiger partial charge is 0.337 e. The molecule has 1 aromatic rings. The maximum Gasteiger partial charge on any atom is 0.337 e. The molecule has 0 N–H and O–H groups in total. The summed E-state index contributed by atoms with van der Waals surface area (Å²) in [6.07, 6.45) is 8.52. The Hall–Kier alpha value is -1.57. The molecule has 0 spiro atoms. The van der Waals surface area contributed by atoms with Gasteiger partial charge in [-0.15, -0.1) is 0 Å². The molecule has 0 aliphatic heterocycles. The Balaban J connectivity index is 1.61. The van der Waals surface area contributed by atoms with Gasteiger partial charge in [-0.3, -0.25) is 0 Å². The molecule has 4 aliphatic carbocycles. The summed E-state index contributed by atoms with van der Waals surface area (Å²) in [5.41, 5.74) is 3.22. The minimum atomic E-state index is -0.345. The fourth-order valence-corrected chi connectivity index (χ4v) is 5.73. The fraction of sp³-hybridized carbons (Fsp3) is 0.550. The van der Waals surface area contributed by atoms with Gasteiger partial charge < -0.3 is 4.74 Å². The first kappa shape index (κ1) is 14.0. The summed E-state index contributed by atoms with van der Waals surface area (Å²) in [7, 11) is 1.40. The minimum Gasteiger partial charge on any atom is -0.465 e. The van der Waals surface area contributed by atoms with Crippen molar-refractivity contribution < 1.29 is 9.53 Å². The summed E-state index contributed by atoms with van der Waals surface area (Å²) >= 11 is 0. The molecule has 116 valence electrons. The second-order valence-electron chi connectivity index (χ2n) is 7.75. The molecule has 0 heterocycles. The van der Waals surface area contributed by atoms with Crippen molar-refractivity contribution >= 4 is 11.5 Å². The van der Waals surface area contributed by atoms with Gasteiger partial charge >= 0.3 is 5.97 Å². The molecule has 22 heavy (non-hydrogen) atoms. The van der Waals surface area contributed by atoms with Crippen LogP contribution in [0.2, 0.25) is 0 Å². The molecule has 2 heteroatoms. The summed E-state index contributed by atoms with van der Waals surface area (Å²) in [6, 6.07) is 8.56. The Bertz CT molecular complexity index is 576. The standard InChI is InChI=1S/C20H24O2/c1-13(19(21)22-2)17-3-5-18(6-4-17)20-10-14-7-15(11-20)9-16(8-14)12-20/h3-6,14-16H,1,7-12H2,2H3. The molecule has 0 amide bonds. The van der Waals surface area contributed by atoms with Crippen LogP contribution in [0, 0.1) is 17.8 Å². The van der Waals surface area contributed by atoms with Gasteiger partial charge in [-0.05, 0) is 72.8 Å². The van der Waals surface area contributed by atoms with Crippen molar-refractivity contribution in [1.82, 2.24) is 0 Å². The number of methoxy groups -OCH3 is 1. The lowest BCUT2D eigenvalue weighted by molar-refractivity contribution is -0.133. The van der Waals surface area contributed by atoms with Crippen LogP contribution in [0.4, 0.5) is 0 Å². The van der Waals surface area contributed by atoms with E-state index in [1.165, 1.54) is 51.2 Å². The minimum absolute atomic E-state index is 0.345. The van der Waals surface area contributed by atoms with E-state index in [-0.39, 0.29) is 5.97 Å². The lowest BCUT2D eigenvalue weighted by Gasteiger charge is -2.57. The topological polar surface area (TPSA) is 26.3 Å². The van der Waals surface area contributed by atoms with Crippen LogP contribution >= 0.6 is 0 Å². The molecule has 1 aromatic carbocycles. The molecule has 0 radical (unpaired) electrons. The summed E-state index contributed by atoms with van der Waals surface area (Å²) in [5.74, 6) is 2.52. The van der Waals surface area contributed by atoms with E-state index in [0.29, 0.717) is 11.0 Å². The van der Waals surface area contributed by atoms with E-state index in [1.54, 1.807) is 0 Å². The Morgan fingerprint density at radius 2 is 1.55 bits per heavy atom. The highest BCUT2D eigenvalue weighted by molar-refractivity contribution is 6.15. The average Bonchev–Trinajstić information content (AvgIpc) is 2.52. The second kappa shape index (κ2) is 4.97. The summed E-state index contributed by atoms with van der Waals surface area (Å²) in [4.78, 5) is 11.6. The van der Waals surface area contributed by atoms with Crippen molar-refractivity contribution in [3.8, 4) is 0 Å². The van der Waals surface area contributed by atoms with Crippen LogP contribution in [0.15, 0.2) is 30.8 Å². The van der Waals surface area contributed by atoms with Gasteiger partial charge in [0.15, 0.2) is 0 Å². The summed E-state index contributed by atoms with van der Waals surface area (Å²) < 4.78 is 4.76. The normalized spacial score (nSPS) is 35.4. The number of hydrogen-bond acceptors (Lipinski definition) is 2. The summed E-state index contributed by atoms with van der Waals surface area (Å²) in [6.45, 7) is 3.84. The number of ether oxygens (including phenoxy) is 1. The second-order valence-corrected chi connectivity index (χ2v) is 7.75. The average molecular weight is 296 g/mol. The van der Waals surface area contributed by atoms with Crippen molar-refractivity contribution in [2.45, 2.75) is 43.9 Å². The maximum atomic E-state index is 11.6. The zero-order valence-electron chi connectivity index (χ0n) is 13.3. The van der Waals surface area contributed by atoms with Crippen molar-refractivity contribution in [1.29, 1.82) is 0 Å². The van der Waals surface area contributed by atoms with Crippen LogP contribution in [0.25, 0.3) is 5.57 Å². The van der Waals surface area contributed by atoms with Crippen LogP contribution in [0.5, 0.6) is 0 Å². The fourth-order valence-electron chi connectivity index (χ4n) is 5.73. The Labute approximate surface area is 132 Å². The van der Waals surface area contributed by atoms with Crippen LogP contribution in [0.1, 0.15) is 49.7 Å². The van der Waals surface area contributed by atoms with E-state index in [1.807, 2.05) is 12.1 Å². The molecule has 5 rings (SSSR count). The van der Waals surface area contributed by atoms with Gasteiger partial charge in [-0.2, -0.15) is 0 Å². The number of carbonyl (C=O) groups excluding carboxylic acids is 1. The highest BCUT2D eigenvalue weighted by Gasteiger charge is 2.51. The maximum absolute atomic E-state index is 11.6. The monoisotopic (exact) mass is 296 g/mol. The molecular formula is C20H24O2. The number of hydrogen-bond donors (Lipinski definition) is 0. The van der Waals surface area contributed by atoms with Gasteiger partial charge in [0.1, 0.15) is 0 Å². The van der Waals surface area contributed by atoms with Gasteiger partial charge in [0.05, 0.1) is 12.7 Å². The molecule has 4 fully saturated rings. The SMILES string of the molecule is C=C(C(=O)OC)c1ccc(C23CC4CC(CC(C4)C2)C3)cc1. The Kier molecular flexibility index (Phi) is 3.18. The molecular weight excluding hydrogens is 272 g/mol.